The van der Waals surface area contributed by atoms with Gasteiger partial charge >= 0.3 is 0 Å². The zero-order chi connectivity index (χ0) is 20.7. The molecule has 2 aromatic rings. The Kier molecular flexibility index (Phi) is 8.47. The number of hydrogen-bond donors (Lipinski definition) is 0. The van der Waals surface area contributed by atoms with E-state index in [0.717, 1.165) is 36.5 Å². The van der Waals surface area contributed by atoms with Crippen molar-refractivity contribution in [3.63, 3.8) is 0 Å². The number of aromatic nitrogens is 2. The molecule has 156 valence electrons. The van der Waals surface area contributed by atoms with Gasteiger partial charge in [0, 0.05) is 31.9 Å². The Morgan fingerprint density at radius 2 is 1.57 bits per heavy atom. The van der Waals surface area contributed by atoms with E-state index in [4.69, 9.17) is 14.1 Å². The van der Waals surface area contributed by atoms with E-state index in [9.17, 15) is 0 Å². The fourth-order valence-electron chi connectivity index (χ4n) is 4.63. The number of benzene rings is 1. The molecule has 2 rings (SSSR count). The van der Waals surface area contributed by atoms with Crippen molar-refractivity contribution in [2.24, 2.45) is 0 Å². The van der Waals surface area contributed by atoms with E-state index >= 15 is 0 Å². The fourth-order valence-corrected chi connectivity index (χ4v) is 10.1. The number of nitrogens with zero attached hydrogens (tertiary/aromatic N) is 2. The summed E-state index contributed by atoms with van der Waals surface area (Å²) in [6, 6.07) is 10.3. The van der Waals surface area contributed by atoms with E-state index in [-0.39, 0.29) is 0 Å². The molecule has 1 aromatic heterocycles. The summed E-state index contributed by atoms with van der Waals surface area (Å²) in [5, 5.41) is 0. The summed E-state index contributed by atoms with van der Waals surface area (Å²) in [4.78, 5) is 4.88. The number of methoxy groups -OCH3 is 1. The van der Waals surface area contributed by atoms with Crippen LogP contribution in [0, 0.1) is 0 Å². The Morgan fingerprint density at radius 3 is 2.11 bits per heavy atom. The monoisotopic (exact) mass is 402 g/mol. The average Bonchev–Trinajstić information content (AvgIpc) is 3.05. The molecule has 0 unspecified atom stereocenters. The predicted molar refractivity (Wildman–Crippen MR) is 120 cm³/mol. The van der Waals surface area contributed by atoms with Gasteiger partial charge in [-0.05, 0) is 23.0 Å². The van der Waals surface area contributed by atoms with Gasteiger partial charge in [-0.25, -0.2) is 4.98 Å². The van der Waals surface area contributed by atoms with E-state index in [1.807, 2.05) is 18.2 Å². The Hall–Kier alpha value is -1.43. The maximum absolute atomic E-state index is 6.70. The van der Waals surface area contributed by atoms with Crippen molar-refractivity contribution in [2.45, 2.75) is 77.7 Å². The summed E-state index contributed by atoms with van der Waals surface area (Å²) in [6.45, 7) is 15.4. The smallest absolute Gasteiger partial charge is 0.200 e. The number of rotatable bonds is 11. The van der Waals surface area contributed by atoms with Crippen LogP contribution in [0.3, 0.4) is 0 Å². The molecule has 28 heavy (non-hydrogen) atoms. The van der Waals surface area contributed by atoms with Crippen molar-refractivity contribution in [1.29, 1.82) is 0 Å². The van der Waals surface area contributed by atoms with Crippen LogP contribution in [0.25, 0.3) is 11.3 Å². The van der Waals surface area contributed by atoms with Gasteiger partial charge in [0.25, 0.3) is 0 Å². The van der Waals surface area contributed by atoms with Gasteiger partial charge in [0.2, 0.25) is 0 Å². The van der Waals surface area contributed by atoms with Crippen molar-refractivity contribution in [1.82, 2.24) is 9.55 Å². The summed E-state index contributed by atoms with van der Waals surface area (Å²) in [5.74, 6) is 1.07. The van der Waals surface area contributed by atoms with Crippen LogP contribution in [0.2, 0.25) is 16.6 Å². The molecule has 0 radical (unpaired) electrons. The summed E-state index contributed by atoms with van der Waals surface area (Å²) in [5.41, 5.74) is 4.00. The Balaban J connectivity index is 2.06. The molecule has 5 heteroatoms. The minimum absolute atomic E-state index is 0.526. The van der Waals surface area contributed by atoms with Gasteiger partial charge in [-0.2, -0.15) is 0 Å². The highest BCUT2D eigenvalue weighted by atomic mass is 28.4. The van der Waals surface area contributed by atoms with Crippen molar-refractivity contribution < 1.29 is 9.16 Å². The molecule has 0 N–H and O–H groups in total. The molecule has 0 aliphatic carbocycles. The molecule has 0 aliphatic heterocycles. The summed E-state index contributed by atoms with van der Waals surface area (Å²) in [7, 11) is -0.0687. The molecule has 0 fully saturated rings. The molecule has 1 heterocycles. The molecule has 1 aromatic carbocycles. The standard InChI is InChI=1S/C23H38N2O2Si/c1-18(2)28(19(3)4,20(5)6)27-15-11-14-23-24-22(16-25(23)17-26-7)21-12-9-8-10-13-21/h8-10,12-13,16,18-20H,11,14-15,17H2,1-7H3. The van der Waals surface area contributed by atoms with Crippen LogP contribution in [0.15, 0.2) is 36.5 Å². The van der Waals surface area contributed by atoms with E-state index < -0.39 is 8.32 Å². The lowest BCUT2D eigenvalue weighted by Gasteiger charge is -2.42. The van der Waals surface area contributed by atoms with E-state index in [0.29, 0.717) is 23.4 Å². The molecule has 0 saturated carbocycles. The van der Waals surface area contributed by atoms with Gasteiger partial charge in [-0.3, -0.25) is 0 Å². The molecule has 4 nitrogen and oxygen atoms in total. The number of ether oxygens (including phenoxy) is 1. The third kappa shape index (κ3) is 5.13. The third-order valence-electron chi connectivity index (χ3n) is 5.80. The quantitative estimate of drug-likeness (QED) is 0.328. The largest absolute Gasteiger partial charge is 0.416 e. The van der Waals surface area contributed by atoms with Gasteiger partial charge in [0.15, 0.2) is 8.32 Å². The predicted octanol–water partition coefficient (Wildman–Crippen LogP) is 6.28. The first-order valence-electron chi connectivity index (χ1n) is 10.6. The van der Waals surface area contributed by atoms with Gasteiger partial charge < -0.3 is 13.7 Å². The van der Waals surface area contributed by atoms with Crippen LogP contribution >= 0.6 is 0 Å². The molecule has 0 spiro atoms. The first-order chi connectivity index (χ1) is 13.3. The third-order valence-corrected chi connectivity index (χ3v) is 11.9. The minimum atomic E-state index is -1.79. The Morgan fingerprint density at radius 1 is 0.964 bits per heavy atom. The molecule has 0 bridgehead atoms. The fraction of sp³-hybridized carbons (Fsp3) is 0.609. The van der Waals surface area contributed by atoms with Crippen LogP contribution in [0.1, 0.15) is 53.8 Å². The highest BCUT2D eigenvalue weighted by Crippen LogP contribution is 2.42. The number of hydrogen-bond acceptors (Lipinski definition) is 3. The maximum atomic E-state index is 6.70. The average molecular weight is 403 g/mol. The van der Waals surface area contributed by atoms with E-state index in [1.54, 1.807) is 7.11 Å². The SMILES string of the molecule is COCn1cc(-c2ccccc2)nc1CCCO[Si](C(C)C)(C(C)C)C(C)C. The first-order valence-corrected chi connectivity index (χ1v) is 12.7. The number of imidazole rings is 1. The highest BCUT2D eigenvalue weighted by molar-refractivity contribution is 6.77. The number of aryl methyl sites for hydroxylation is 1. The Bertz CT molecular complexity index is 689. The minimum Gasteiger partial charge on any atom is -0.416 e. The zero-order valence-electron chi connectivity index (χ0n) is 18.7. The van der Waals surface area contributed by atoms with Crippen molar-refractivity contribution >= 4 is 8.32 Å². The summed E-state index contributed by atoms with van der Waals surface area (Å²) < 4.78 is 14.2. The lowest BCUT2D eigenvalue weighted by molar-refractivity contribution is 0.128. The van der Waals surface area contributed by atoms with Crippen LogP contribution in [0.4, 0.5) is 0 Å². The van der Waals surface area contributed by atoms with E-state index in [1.165, 1.54) is 0 Å². The molecule has 0 aliphatic rings. The Labute approximate surface area is 172 Å². The van der Waals surface area contributed by atoms with Crippen molar-refractivity contribution in [3.05, 3.63) is 42.4 Å². The second-order valence-corrected chi connectivity index (χ2v) is 14.0. The van der Waals surface area contributed by atoms with Crippen LogP contribution < -0.4 is 0 Å². The topological polar surface area (TPSA) is 36.3 Å². The van der Waals surface area contributed by atoms with Crippen LogP contribution in [-0.2, 0) is 22.3 Å². The molecular weight excluding hydrogens is 364 g/mol. The molecule has 0 saturated heterocycles. The normalized spacial score (nSPS) is 12.5. The lowest BCUT2D eigenvalue weighted by Crippen LogP contribution is -2.48. The molecule has 0 amide bonds. The second kappa shape index (κ2) is 10.4. The van der Waals surface area contributed by atoms with Crippen LogP contribution in [0.5, 0.6) is 0 Å². The van der Waals surface area contributed by atoms with Crippen molar-refractivity contribution in [3.8, 4) is 11.3 Å². The summed E-state index contributed by atoms with van der Waals surface area (Å²) in [6.07, 6.45) is 3.97. The van der Waals surface area contributed by atoms with Crippen molar-refractivity contribution in [2.75, 3.05) is 13.7 Å². The lowest BCUT2D eigenvalue weighted by atomic mass is 10.2. The second-order valence-electron chi connectivity index (χ2n) is 8.57. The van der Waals surface area contributed by atoms with Gasteiger partial charge in [0.1, 0.15) is 12.6 Å². The van der Waals surface area contributed by atoms with Gasteiger partial charge in [-0.1, -0.05) is 71.9 Å². The molecular formula is C23H38N2O2Si. The highest BCUT2D eigenvalue weighted by Gasteiger charge is 2.44. The summed E-state index contributed by atoms with van der Waals surface area (Å²) >= 11 is 0. The molecule has 0 atom stereocenters. The zero-order valence-corrected chi connectivity index (χ0v) is 19.7. The van der Waals surface area contributed by atoms with Crippen LogP contribution in [-0.4, -0.2) is 31.6 Å². The van der Waals surface area contributed by atoms with Gasteiger partial charge in [-0.15, -0.1) is 0 Å². The van der Waals surface area contributed by atoms with E-state index in [2.05, 4.69) is 64.4 Å². The first kappa shape index (κ1) is 22.9. The van der Waals surface area contributed by atoms with Gasteiger partial charge in [0.05, 0.1) is 5.69 Å². The maximum Gasteiger partial charge on any atom is 0.200 e.